The lowest BCUT2D eigenvalue weighted by molar-refractivity contribution is 0.307. The van der Waals surface area contributed by atoms with Crippen LogP contribution in [-0.4, -0.2) is 48.2 Å². The van der Waals surface area contributed by atoms with Gasteiger partial charge >= 0.3 is 0 Å². The van der Waals surface area contributed by atoms with Crippen molar-refractivity contribution in [3.05, 3.63) is 47.5 Å². The minimum absolute atomic E-state index is 0.0198. The second-order valence-corrected chi connectivity index (χ2v) is 8.75. The summed E-state index contributed by atoms with van der Waals surface area (Å²) in [5.74, 6) is 2.15. The van der Waals surface area contributed by atoms with Crippen molar-refractivity contribution in [3.63, 3.8) is 0 Å². The number of benzene rings is 1. The van der Waals surface area contributed by atoms with Gasteiger partial charge in [0.1, 0.15) is 11.6 Å². The minimum Gasteiger partial charge on any atom is -0.317 e. The average Bonchev–Trinajstić information content (AvgIpc) is 2.83. The lowest BCUT2D eigenvalue weighted by Gasteiger charge is -2.34. The first kappa shape index (κ1) is 18.0. The molecule has 0 bridgehead atoms. The number of nitrogens with one attached hydrogen (secondary N) is 1. The standard InChI is InChI=1S/C17H25N5O2S/c1-21(2)11-16-18-19-17(22(16)3)14-9-15(10-14)20-25(23,24)12-13-7-5-4-6-8-13/h4-8,14-15,20H,9-12H2,1-3H3. The average molecular weight is 363 g/mol. The molecule has 0 atom stereocenters. The molecule has 2 aromatic rings. The molecule has 1 fully saturated rings. The van der Waals surface area contributed by atoms with E-state index < -0.39 is 10.0 Å². The van der Waals surface area contributed by atoms with Crippen LogP contribution >= 0.6 is 0 Å². The van der Waals surface area contributed by atoms with Crippen LogP contribution in [0.15, 0.2) is 30.3 Å². The third-order valence-corrected chi connectivity index (χ3v) is 5.91. The second-order valence-electron chi connectivity index (χ2n) is 7.00. The number of rotatable bonds is 7. The van der Waals surface area contributed by atoms with Gasteiger partial charge in [0.05, 0.1) is 12.3 Å². The topological polar surface area (TPSA) is 80.1 Å². The van der Waals surface area contributed by atoms with Gasteiger partial charge in [-0.2, -0.15) is 0 Å². The Kier molecular flexibility index (Phi) is 5.21. The van der Waals surface area contributed by atoms with Gasteiger partial charge in [-0.25, -0.2) is 13.1 Å². The highest BCUT2D eigenvalue weighted by Crippen LogP contribution is 2.36. The van der Waals surface area contributed by atoms with Crippen molar-refractivity contribution >= 4 is 10.0 Å². The van der Waals surface area contributed by atoms with E-state index in [2.05, 4.69) is 19.8 Å². The third kappa shape index (κ3) is 4.45. The van der Waals surface area contributed by atoms with Crippen LogP contribution in [0.2, 0.25) is 0 Å². The third-order valence-electron chi connectivity index (χ3n) is 4.51. The molecule has 0 radical (unpaired) electrons. The molecule has 1 aromatic carbocycles. The largest absolute Gasteiger partial charge is 0.317 e. The fraction of sp³-hybridized carbons (Fsp3) is 0.529. The molecule has 0 aliphatic heterocycles. The molecular formula is C17H25N5O2S. The molecule has 1 aromatic heterocycles. The van der Waals surface area contributed by atoms with Crippen LogP contribution in [-0.2, 0) is 29.4 Å². The Balaban J connectivity index is 1.55. The molecule has 3 rings (SSSR count). The fourth-order valence-electron chi connectivity index (χ4n) is 3.17. The van der Waals surface area contributed by atoms with Gasteiger partial charge in [0.2, 0.25) is 10.0 Å². The summed E-state index contributed by atoms with van der Waals surface area (Å²) in [6.07, 6.45) is 1.53. The summed E-state index contributed by atoms with van der Waals surface area (Å²) in [4.78, 5) is 2.05. The zero-order valence-electron chi connectivity index (χ0n) is 14.9. The molecule has 8 heteroatoms. The van der Waals surface area contributed by atoms with Crippen molar-refractivity contribution in [3.8, 4) is 0 Å². The molecule has 1 saturated carbocycles. The van der Waals surface area contributed by atoms with Gasteiger partial charge in [0.15, 0.2) is 0 Å². The Morgan fingerprint density at radius 2 is 1.88 bits per heavy atom. The molecule has 0 amide bonds. The zero-order chi connectivity index (χ0) is 18.0. The van der Waals surface area contributed by atoms with Gasteiger partial charge in [-0.3, -0.25) is 0 Å². The van der Waals surface area contributed by atoms with E-state index in [1.54, 1.807) is 0 Å². The number of aromatic nitrogens is 3. The zero-order valence-corrected chi connectivity index (χ0v) is 15.7. The van der Waals surface area contributed by atoms with Gasteiger partial charge < -0.3 is 9.47 Å². The maximum atomic E-state index is 12.3. The Labute approximate surface area is 149 Å². The Bertz CT molecular complexity index is 811. The van der Waals surface area contributed by atoms with E-state index in [-0.39, 0.29) is 17.7 Å². The van der Waals surface area contributed by atoms with Crippen molar-refractivity contribution in [2.75, 3.05) is 14.1 Å². The van der Waals surface area contributed by atoms with Crippen molar-refractivity contribution < 1.29 is 8.42 Å². The van der Waals surface area contributed by atoms with Gasteiger partial charge in [-0.15, -0.1) is 10.2 Å². The summed E-state index contributed by atoms with van der Waals surface area (Å²) < 4.78 is 29.4. The van der Waals surface area contributed by atoms with Crippen LogP contribution in [0.1, 0.15) is 36.0 Å². The molecule has 0 unspecified atom stereocenters. The van der Waals surface area contributed by atoms with Crippen LogP contribution in [0.5, 0.6) is 0 Å². The van der Waals surface area contributed by atoms with Crippen molar-refractivity contribution in [1.29, 1.82) is 0 Å². The highest BCUT2D eigenvalue weighted by molar-refractivity contribution is 7.88. The normalized spacial score (nSPS) is 20.6. The lowest BCUT2D eigenvalue weighted by atomic mass is 9.80. The van der Waals surface area contributed by atoms with Crippen LogP contribution < -0.4 is 4.72 Å². The monoisotopic (exact) mass is 363 g/mol. The molecule has 0 saturated heterocycles. The maximum Gasteiger partial charge on any atom is 0.216 e. The summed E-state index contributed by atoms with van der Waals surface area (Å²) >= 11 is 0. The molecule has 25 heavy (non-hydrogen) atoms. The van der Waals surface area contributed by atoms with E-state index in [0.717, 1.165) is 36.6 Å². The Hall–Kier alpha value is -1.77. The highest BCUT2D eigenvalue weighted by Gasteiger charge is 2.36. The van der Waals surface area contributed by atoms with Gasteiger partial charge in [0.25, 0.3) is 0 Å². The van der Waals surface area contributed by atoms with E-state index >= 15 is 0 Å². The number of hydrogen-bond donors (Lipinski definition) is 1. The first-order valence-corrected chi connectivity index (χ1v) is 10.1. The Morgan fingerprint density at radius 3 is 2.52 bits per heavy atom. The van der Waals surface area contributed by atoms with Gasteiger partial charge in [-0.05, 0) is 32.5 Å². The molecule has 7 nitrogen and oxygen atoms in total. The quantitative estimate of drug-likeness (QED) is 0.801. The molecule has 1 aliphatic carbocycles. The van der Waals surface area contributed by atoms with E-state index in [4.69, 9.17) is 0 Å². The second kappa shape index (κ2) is 7.23. The summed E-state index contributed by atoms with van der Waals surface area (Å²) in [5.41, 5.74) is 0.799. The van der Waals surface area contributed by atoms with Crippen LogP contribution in [0.3, 0.4) is 0 Å². The fourth-order valence-corrected chi connectivity index (χ4v) is 4.58. The first-order chi connectivity index (χ1) is 11.8. The molecular weight excluding hydrogens is 338 g/mol. The van der Waals surface area contributed by atoms with Crippen LogP contribution in [0, 0.1) is 0 Å². The van der Waals surface area contributed by atoms with E-state index in [9.17, 15) is 8.42 Å². The first-order valence-electron chi connectivity index (χ1n) is 8.41. The van der Waals surface area contributed by atoms with Crippen molar-refractivity contribution in [1.82, 2.24) is 24.4 Å². The maximum absolute atomic E-state index is 12.3. The summed E-state index contributed by atoms with van der Waals surface area (Å²) in [6, 6.07) is 9.22. The Morgan fingerprint density at radius 1 is 1.20 bits per heavy atom. The van der Waals surface area contributed by atoms with Crippen LogP contribution in [0.4, 0.5) is 0 Å². The molecule has 1 N–H and O–H groups in total. The van der Waals surface area contributed by atoms with E-state index in [1.807, 2.05) is 56.0 Å². The van der Waals surface area contributed by atoms with Crippen LogP contribution in [0.25, 0.3) is 0 Å². The molecule has 1 heterocycles. The van der Waals surface area contributed by atoms with E-state index in [0.29, 0.717) is 0 Å². The summed E-state index contributed by atoms with van der Waals surface area (Å²) in [7, 11) is 2.64. The predicted octanol–water partition coefficient (Wildman–Crippen LogP) is 1.24. The SMILES string of the molecule is CN(C)Cc1nnc(C2CC(NS(=O)(=O)Cc3ccccc3)C2)n1C. The van der Waals surface area contributed by atoms with Gasteiger partial charge in [0, 0.05) is 19.0 Å². The molecule has 1 aliphatic rings. The molecule has 0 spiro atoms. The van der Waals surface area contributed by atoms with Crippen molar-refractivity contribution in [2.45, 2.75) is 37.1 Å². The number of sulfonamides is 1. The molecule has 136 valence electrons. The number of hydrogen-bond acceptors (Lipinski definition) is 5. The minimum atomic E-state index is -3.32. The smallest absolute Gasteiger partial charge is 0.216 e. The summed E-state index contributed by atoms with van der Waals surface area (Å²) in [6.45, 7) is 0.739. The van der Waals surface area contributed by atoms with E-state index in [1.165, 1.54) is 0 Å². The lowest BCUT2D eigenvalue weighted by Crippen LogP contribution is -2.44. The predicted molar refractivity (Wildman–Crippen MR) is 96.4 cm³/mol. The van der Waals surface area contributed by atoms with Gasteiger partial charge in [-0.1, -0.05) is 30.3 Å². The number of nitrogens with zero attached hydrogens (tertiary/aromatic N) is 4. The highest BCUT2D eigenvalue weighted by atomic mass is 32.2. The summed E-state index contributed by atoms with van der Waals surface area (Å²) in [5, 5.41) is 8.55. The van der Waals surface area contributed by atoms with Crippen molar-refractivity contribution in [2.24, 2.45) is 7.05 Å².